The molecule has 2 heterocycles. The number of hydrogen-bond acceptors (Lipinski definition) is 17. The van der Waals surface area contributed by atoms with Crippen molar-refractivity contribution in [1.29, 1.82) is 0 Å². The number of aliphatic hydroxyl groups excluding tert-OH is 3. The summed E-state index contributed by atoms with van der Waals surface area (Å²) in [7, 11) is 10.1. The molecular weight excluding hydrogens is 1420 g/mol. The van der Waals surface area contributed by atoms with E-state index in [1.54, 1.807) is 59.5 Å². The van der Waals surface area contributed by atoms with Crippen molar-refractivity contribution in [1.82, 2.24) is 60.5 Å². The SMILES string of the molecule is CC(C)CCOC[C@@H]1NC(=O)[C@H](Cc2cccc(Cl)c2)N(C)C(O)[C@H](Cc2ccccc2)N(C)C(=O)[C@H](COC[C@H](C)O)NC(=O)[C@H](CC(C)C)N(C)C(=O)CCCN(C)C(=O)C[C@@H](C(=O)N2CCCCC2)NC(=O)[C@H](CC(C)C)N(C)C(=O)[C@H](CC(C)C)N(C)C(=O)[C@H]([C@@H](C)O)NC(=O)[C@H](CC(C)C)N(C)C1=O. The van der Waals surface area contributed by atoms with Crippen molar-refractivity contribution in [3.8, 4) is 0 Å². The summed E-state index contributed by atoms with van der Waals surface area (Å²) in [6.45, 7) is 21.3. The molecule has 28 nitrogen and oxygen atoms in total. The number of nitrogens with one attached hydrogen (secondary N) is 4. The molecule has 29 heteroatoms. The minimum atomic E-state index is -1.73. The number of carbonyl (C=O) groups is 11. The van der Waals surface area contributed by atoms with Gasteiger partial charge in [0, 0.05) is 80.0 Å². The van der Waals surface area contributed by atoms with E-state index in [9.17, 15) is 34.5 Å². The molecule has 7 N–H and O–H groups in total. The van der Waals surface area contributed by atoms with Crippen molar-refractivity contribution in [2.45, 2.75) is 245 Å². The Bertz CT molecular complexity index is 3270. The van der Waals surface area contributed by atoms with E-state index in [1.807, 2.05) is 69.2 Å². The first-order valence-electron chi connectivity index (χ1n) is 38.9. The van der Waals surface area contributed by atoms with Crippen molar-refractivity contribution < 1.29 is 77.5 Å². The molecule has 0 aliphatic carbocycles. The fourth-order valence-corrected chi connectivity index (χ4v) is 13.9. The molecule has 109 heavy (non-hydrogen) atoms. The number of piperidine rings is 1. The van der Waals surface area contributed by atoms with Crippen molar-refractivity contribution >= 4 is 76.6 Å². The van der Waals surface area contributed by atoms with Gasteiger partial charge >= 0.3 is 0 Å². The molecule has 0 radical (unpaired) electrons. The number of likely N-dealkylation sites (tertiary alicyclic amines) is 1. The van der Waals surface area contributed by atoms with Gasteiger partial charge in [-0.2, -0.15) is 0 Å². The number of likely N-dealkylation sites (N-methyl/N-ethyl adjacent to an activating group) is 6. The number of ether oxygens (including phenoxy) is 2. The second-order valence-electron chi connectivity index (χ2n) is 32.1. The van der Waals surface area contributed by atoms with Crippen LogP contribution in [-0.2, 0) is 75.1 Å². The highest BCUT2D eigenvalue weighted by atomic mass is 35.5. The summed E-state index contributed by atoms with van der Waals surface area (Å²) in [6, 6.07) is 1.83. The Labute approximate surface area is 652 Å². The first kappa shape index (κ1) is 94.0. The lowest BCUT2D eigenvalue weighted by molar-refractivity contribution is -0.152. The Morgan fingerprint density at radius 2 is 0.991 bits per heavy atom. The lowest BCUT2D eigenvalue weighted by atomic mass is 9.96. The molecule has 11 amide bonds. The summed E-state index contributed by atoms with van der Waals surface area (Å²) in [6.07, 6.45) is -1.91. The monoisotopic (exact) mass is 1550 g/mol. The van der Waals surface area contributed by atoms with E-state index < -0.39 is 163 Å². The standard InChI is InChI=1S/C80H131ClN12O16/c1-49(2)33-37-108-47-60-75(102)88(15)64(40-52(7)8)74(101)85-70(55(12)95)80(107)92(19)66(41-53(9)10)78(105)89(16)63(39-51(5)6)72(99)82-59(77(104)93-35-24-21-25-36-93)45-69(97)86(13)34-27-32-68(96)87(14)62(38-50(3)4)71(98)84-61(48-109-46-54(11)94)76(103)91(18)67(43-56-28-22-20-23-29-56)79(106)90(17)65(73(100)83-60)44-57-30-26-31-58(81)42-57/h20,22-23,26,28-31,42,49-55,59-67,70,79,94-95,106H,21,24-25,27,32-41,43-48H2,1-19H3,(H,82,99)(H,83,100)(H,84,98)(H,85,101)/t54-,55+,59-,60-,61-,62-,63-,64-,65-,66-,67-,70-,79?/m0/s1. The van der Waals surface area contributed by atoms with E-state index >= 15 is 33.6 Å². The molecule has 13 atom stereocenters. The highest BCUT2D eigenvalue weighted by molar-refractivity contribution is 6.30. The maximum Gasteiger partial charge on any atom is 0.248 e. The van der Waals surface area contributed by atoms with Crippen molar-refractivity contribution in [3.05, 3.63) is 70.7 Å². The van der Waals surface area contributed by atoms with Crippen LogP contribution in [0.1, 0.15) is 165 Å². The lowest BCUT2D eigenvalue weighted by Crippen LogP contribution is -2.63. The van der Waals surface area contributed by atoms with Gasteiger partial charge in [0.05, 0.1) is 50.5 Å². The summed E-state index contributed by atoms with van der Waals surface area (Å²) in [5, 5.41) is 46.7. The number of hydrogen-bond donors (Lipinski definition) is 7. The van der Waals surface area contributed by atoms with Gasteiger partial charge in [0.15, 0.2) is 0 Å². The minimum absolute atomic E-state index is 0.00123. The molecule has 2 aromatic carbocycles. The Morgan fingerprint density at radius 3 is 1.52 bits per heavy atom. The van der Waals surface area contributed by atoms with Crippen LogP contribution in [0.2, 0.25) is 5.02 Å². The molecule has 0 bridgehead atoms. The van der Waals surface area contributed by atoms with Gasteiger partial charge < -0.3 is 80.4 Å². The number of halogens is 1. The molecule has 0 spiro atoms. The average Bonchev–Trinajstić information content (AvgIpc) is 0.812. The molecule has 2 aliphatic heterocycles. The smallest absolute Gasteiger partial charge is 0.248 e. The van der Waals surface area contributed by atoms with E-state index in [1.165, 1.54) is 87.7 Å². The molecule has 614 valence electrons. The van der Waals surface area contributed by atoms with Gasteiger partial charge in [0.1, 0.15) is 54.6 Å². The third-order valence-corrected chi connectivity index (χ3v) is 20.5. The number of rotatable bonds is 23. The number of aliphatic hydroxyl groups is 3. The zero-order valence-corrected chi connectivity index (χ0v) is 69.1. The molecule has 2 aliphatic rings. The van der Waals surface area contributed by atoms with Crippen LogP contribution in [0, 0.1) is 29.6 Å². The first-order valence-corrected chi connectivity index (χ1v) is 39.3. The molecular formula is C80H131ClN12O16. The van der Waals surface area contributed by atoms with Crippen LogP contribution in [0.5, 0.6) is 0 Å². The second kappa shape index (κ2) is 45.9. The number of carbonyl (C=O) groups excluding carboxylic acids is 11. The largest absolute Gasteiger partial charge is 0.391 e. The summed E-state index contributed by atoms with van der Waals surface area (Å²) in [4.78, 5) is 176. The van der Waals surface area contributed by atoms with Crippen molar-refractivity contribution in [2.24, 2.45) is 29.6 Å². The quantitative estimate of drug-likeness (QED) is 0.0753. The highest BCUT2D eigenvalue weighted by Gasteiger charge is 2.45. The Balaban J connectivity index is 2.01. The topological polar surface area (TPSA) is 341 Å². The molecule has 4 rings (SSSR count). The van der Waals surface area contributed by atoms with Crippen LogP contribution < -0.4 is 21.3 Å². The predicted octanol–water partition coefficient (Wildman–Crippen LogP) is 4.50. The normalized spacial score (nSPS) is 25.4. The third-order valence-electron chi connectivity index (χ3n) is 20.3. The summed E-state index contributed by atoms with van der Waals surface area (Å²) >= 11 is 6.59. The van der Waals surface area contributed by atoms with E-state index in [0.29, 0.717) is 48.5 Å². The van der Waals surface area contributed by atoms with Crippen molar-refractivity contribution in [2.75, 3.05) is 95.4 Å². The van der Waals surface area contributed by atoms with Gasteiger partial charge in [0.2, 0.25) is 65.0 Å². The van der Waals surface area contributed by atoms with Gasteiger partial charge in [-0.1, -0.05) is 123 Å². The van der Waals surface area contributed by atoms with Crippen LogP contribution >= 0.6 is 11.6 Å². The van der Waals surface area contributed by atoms with Crippen LogP contribution in [0.25, 0.3) is 0 Å². The average molecular weight is 1550 g/mol. The van der Waals surface area contributed by atoms with Gasteiger partial charge in [0.25, 0.3) is 0 Å². The molecule has 0 aromatic heterocycles. The van der Waals surface area contributed by atoms with Crippen molar-refractivity contribution in [3.63, 3.8) is 0 Å². The van der Waals surface area contributed by atoms with E-state index in [4.69, 9.17) is 21.1 Å². The van der Waals surface area contributed by atoms with Gasteiger partial charge in [-0.3, -0.25) is 57.6 Å². The summed E-state index contributed by atoms with van der Waals surface area (Å²) in [5.41, 5.74) is 1.20. The Kier molecular flexibility index (Phi) is 39.6. The predicted molar refractivity (Wildman–Crippen MR) is 418 cm³/mol. The third kappa shape index (κ3) is 29.7. The molecule has 0 saturated carbocycles. The Morgan fingerprint density at radius 1 is 0.505 bits per heavy atom. The lowest BCUT2D eigenvalue weighted by Gasteiger charge is -2.41. The zero-order chi connectivity index (χ0) is 81.8. The van der Waals surface area contributed by atoms with E-state index in [0.717, 1.165) is 16.2 Å². The number of benzene rings is 2. The van der Waals surface area contributed by atoms with Crippen LogP contribution in [0.3, 0.4) is 0 Å². The first-order chi connectivity index (χ1) is 51.2. The maximum atomic E-state index is 15.6. The Hall–Kier alpha value is -7.34. The van der Waals surface area contributed by atoms with Gasteiger partial charge in [-0.05, 0) is 144 Å². The van der Waals surface area contributed by atoms with Gasteiger partial charge in [-0.25, -0.2) is 0 Å². The highest BCUT2D eigenvalue weighted by Crippen LogP contribution is 2.26. The molecule has 1 unspecified atom stereocenters. The van der Waals surface area contributed by atoms with Gasteiger partial charge in [-0.15, -0.1) is 0 Å². The van der Waals surface area contributed by atoms with E-state index in [2.05, 4.69) is 21.3 Å². The minimum Gasteiger partial charge on any atom is -0.391 e. The molecule has 2 saturated heterocycles. The fraction of sp³-hybridized carbons (Fsp3) is 0.713. The summed E-state index contributed by atoms with van der Waals surface area (Å²) in [5.74, 6) is -8.46. The van der Waals surface area contributed by atoms with E-state index in [-0.39, 0.29) is 101 Å². The van der Waals surface area contributed by atoms with Crippen LogP contribution in [0.15, 0.2) is 54.6 Å². The number of nitrogens with zero attached hydrogens (tertiary/aromatic N) is 8. The molecule has 2 fully saturated rings. The molecule has 2 aromatic rings. The second-order valence-corrected chi connectivity index (χ2v) is 32.6. The fourth-order valence-electron chi connectivity index (χ4n) is 13.6. The zero-order valence-electron chi connectivity index (χ0n) is 68.3. The van der Waals surface area contributed by atoms with Crippen LogP contribution in [0.4, 0.5) is 0 Å². The maximum absolute atomic E-state index is 15.6. The summed E-state index contributed by atoms with van der Waals surface area (Å²) < 4.78 is 12.1. The van der Waals surface area contributed by atoms with Crippen LogP contribution in [-0.4, -0.2) is 294 Å². The number of amides is 11.